The predicted octanol–water partition coefficient (Wildman–Crippen LogP) is 2.43. The lowest BCUT2D eigenvalue weighted by Gasteiger charge is -2.42. The Balaban J connectivity index is 1.74. The monoisotopic (exact) mass is 335 g/mol. The number of sulfone groups is 1. The van der Waals surface area contributed by atoms with E-state index in [0.29, 0.717) is 25.3 Å². The Morgan fingerprint density at radius 1 is 1.26 bits per heavy atom. The topological polar surface area (TPSA) is 54.5 Å². The molecule has 1 aliphatic carbocycles. The summed E-state index contributed by atoms with van der Waals surface area (Å²) in [5, 5.41) is 0. The van der Waals surface area contributed by atoms with Gasteiger partial charge in [0.1, 0.15) is 0 Å². The molecule has 0 unspecified atom stereocenters. The molecule has 1 aliphatic heterocycles. The molecule has 0 spiro atoms. The first-order chi connectivity index (χ1) is 10.8. The Bertz CT molecular complexity index is 679. The van der Waals surface area contributed by atoms with E-state index in [1.54, 1.807) is 0 Å². The second-order valence-corrected chi connectivity index (χ2v) is 9.42. The smallest absolute Gasteiger partial charge is 0.244 e. The van der Waals surface area contributed by atoms with Crippen molar-refractivity contribution >= 4 is 15.7 Å². The summed E-state index contributed by atoms with van der Waals surface area (Å²) in [4.78, 5) is 14.8. The summed E-state index contributed by atoms with van der Waals surface area (Å²) in [5.74, 6) is 0.243. The zero-order chi connectivity index (χ0) is 16.7. The van der Waals surface area contributed by atoms with Crippen LogP contribution in [-0.2, 0) is 21.1 Å². The van der Waals surface area contributed by atoms with Crippen molar-refractivity contribution in [1.29, 1.82) is 0 Å². The van der Waals surface area contributed by atoms with Gasteiger partial charge in [0.2, 0.25) is 5.91 Å². The van der Waals surface area contributed by atoms with E-state index in [0.717, 1.165) is 19.3 Å². The van der Waals surface area contributed by atoms with Gasteiger partial charge in [0, 0.05) is 18.8 Å². The number of likely N-dealkylation sites (tertiary alicyclic amines) is 1. The van der Waals surface area contributed by atoms with Crippen molar-refractivity contribution in [2.45, 2.75) is 49.8 Å². The highest BCUT2D eigenvalue weighted by Gasteiger charge is 2.56. The van der Waals surface area contributed by atoms with Crippen LogP contribution in [0.1, 0.15) is 38.2 Å². The lowest BCUT2D eigenvalue weighted by Crippen LogP contribution is -2.58. The van der Waals surface area contributed by atoms with Crippen LogP contribution >= 0.6 is 0 Å². The molecule has 0 radical (unpaired) electrons. The average molecular weight is 335 g/mol. The third-order valence-corrected chi connectivity index (χ3v) is 7.78. The molecule has 2 fully saturated rings. The van der Waals surface area contributed by atoms with Crippen molar-refractivity contribution in [3.63, 3.8) is 0 Å². The second kappa shape index (κ2) is 5.93. The van der Waals surface area contributed by atoms with E-state index in [9.17, 15) is 13.2 Å². The van der Waals surface area contributed by atoms with E-state index < -0.39 is 14.6 Å². The van der Waals surface area contributed by atoms with E-state index in [2.05, 4.69) is 19.1 Å². The SMILES string of the molecule is C[C@H]1[C@H](Cc2ccccc2)CCN1C(=O)C1(S(C)(=O)=O)CCC1. The lowest BCUT2D eigenvalue weighted by atomic mass is 9.82. The summed E-state index contributed by atoms with van der Waals surface area (Å²) < 4.78 is 23.2. The Morgan fingerprint density at radius 2 is 1.91 bits per heavy atom. The summed E-state index contributed by atoms with van der Waals surface area (Å²) in [7, 11) is -3.36. The molecular formula is C18H25NO3S. The normalized spacial score (nSPS) is 26.8. The third-order valence-electron chi connectivity index (χ3n) is 5.78. The van der Waals surface area contributed by atoms with E-state index in [-0.39, 0.29) is 11.9 Å². The van der Waals surface area contributed by atoms with Gasteiger partial charge in [-0.2, -0.15) is 0 Å². The molecule has 1 heterocycles. The molecule has 3 rings (SSSR count). The highest BCUT2D eigenvalue weighted by molar-refractivity contribution is 7.93. The van der Waals surface area contributed by atoms with Crippen molar-refractivity contribution < 1.29 is 13.2 Å². The lowest BCUT2D eigenvalue weighted by molar-refractivity contribution is -0.137. The van der Waals surface area contributed by atoms with Crippen LogP contribution in [0.4, 0.5) is 0 Å². The van der Waals surface area contributed by atoms with Crippen LogP contribution < -0.4 is 0 Å². The summed E-state index contributed by atoms with van der Waals surface area (Å²) in [5.41, 5.74) is 1.28. The van der Waals surface area contributed by atoms with Crippen molar-refractivity contribution in [3.05, 3.63) is 35.9 Å². The van der Waals surface area contributed by atoms with Gasteiger partial charge in [-0.3, -0.25) is 4.79 Å². The molecule has 1 saturated heterocycles. The molecule has 0 aromatic heterocycles. The molecule has 2 atom stereocenters. The van der Waals surface area contributed by atoms with Crippen LogP contribution in [0.25, 0.3) is 0 Å². The average Bonchev–Trinajstić information content (AvgIpc) is 2.78. The van der Waals surface area contributed by atoms with E-state index in [4.69, 9.17) is 0 Å². The van der Waals surface area contributed by atoms with E-state index in [1.807, 2.05) is 23.1 Å². The highest BCUT2D eigenvalue weighted by atomic mass is 32.2. The maximum absolute atomic E-state index is 13.0. The zero-order valence-corrected chi connectivity index (χ0v) is 14.7. The summed E-state index contributed by atoms with van der Waals surface area (Å²) in [6.07, 6.45) is 4.90. The molecule has 0 N–H and O–H groups in total. The summed E-state index contributed by atoms with van der Waals surface area (Å²) in [6, 6.07) is 10.4. The first-order valence-electron chi connectivity index (χ1n) is 8.40. The van der Waals surface area contributed by atoms with Crippen LogP contribution in [0.3, 0.4) is 0 Å². The number of rotatable bonds is 4. The number of nitrogens with zero attached hydrogens (tertiary/aromatic N) is 1. The van der Waals surface area contributed by atoms with Crippen LogP contribution in [0.15, 0.2) is 30.3 Å². The molecule has 1 saturated carbocycles. The first kappa shape index (κ1) is 16.5. The minimum absolute atomic E-state index is 0.0990. The van der Waals surface area contributed by atoms with Gasteiger partial charge in [-0.05, 0) is 50.5 Å². The van der Waals surface area contributed by atoms with Gasteiger partial charge < -0.3 is 4.90 Å². The maximum Gasteiger partial charge on any atom is 0.244 e. The van der Waals surface area contributed by atoms with Crippen molar-refractivity contribution in [3.8, 4) is 0 Å². The quantitative estimate of drug-likeness (QED) is 0.849. The van der Waals surface area contributed by atoms with Crippen molar-refractivity contribution in [2.75, 3.05) is 12.8 Å². The van der Waals surface area contributed by atoms with Crippen LogP contribution in [-0.4, -0.2) is 42.8 Å². The molecule has 2 aliphatic rings. The molecule has 1 aromatic rings. The fourth-order valence-electron chi connectivity index (χ4n) is 3.98. The Labute approximate surface area is 138 Å². The minimum Gasteiger partial charge on any atom is -0.338 e. The molecule has 23 heavy (non-hydrogen) atoms. The van der Waals surface area contributed by atoms with Crippen LogP contribution in [0.2, 0.25) is 0 Å². The van der Waals surface area contributed by atoms with Gasteiger partial charge in [-0.1, -0.05) is 30.3 Å². The van der Waals surface area contributed by atoms with Crippen LogP contribution in [0.5, 0.6) is 0 Å². The van der Waals surface area contributed by atoms with E-state index >= 15 is 0 Å². The second-order valence-electron chi connectivity index (χ2n) is 7.10. The van der Waals surface area contributed by atoms with Gasteiger partial charge in [0.15, 0.2) is 14.6 Å². The summed E-state index contributed by atoms with van der Waals surface area (Å²) in [6.45, 7) is 2.74. The molecule has 1 amide bonds. The van der Waals surface area contributed by atoms with Gasteiger partial charge in [-0.15, -0.1) is 0 Å². The Hall–Kier alpha value is -1.36. The van der Waals surface area contributed by atoms with Crippen LogP contribution in [0, 0.1) is 5.92 Å². The molecule has 4 nitrogen and oxygen atoms in total. The highest BCUT2D eigenvalue weighted by Crippen LogP contribution is 2.42. The fourth-order valence-corrected chi connectivity index (χ4v) is 5.45. The summed E-state index contributed by atoms with van der Waals surface area (Å²) >= 11 is 0. The predicted molar refractivity (Wildman–Crippen MR) is 90.9 cm³/mol. The number of hydrogen-bond acceptors (Lipinski definition) is 3. The molecular weight excluding hydrogens is 310 g/mol. The zero-order valence-electron chi connectivity index (χ0n) is 13.9. The number of carbonyl (C=O) groups is 1. The molecule has 5 heteroatoms. The molecule has 0 bridgehead atoms. The largest absolute Gasteiger partial charge is 0.338 e. The first-order valence-corrected chi connectivity index (χ1v) is 10.3. The van der Waals surface area contributed by atoms with Gasteiger partial charge in [0.25, 0.3) is 0 Å². The maximum atomic E-state index is 13.0. The Kier molecular flexibility index (Phi) is 4.25. The Morgan fingerprint density at radius 3 is 2.43 bits per heavy atom. The van der Waals surface area contributed by atoms with Gasteiger partial charge in [-0.25, -0.2) is 8.42 Å². The van der Waals surface area contributed by atoms with Gasteiger partial charge in [0.05, 0.1) is 0 Å². The fraction of sp³-hybridized carbons (Fsp3) is 0.611. The number of amides is 1. The number of hydrogen-bond donors (Lipinski definition) is 0. The molecule has 126 valence electrons. The number of carbonyl (C=O) groups excluding carboxylic acids is 1. The number of benzene rings is 1. The van der Waals surface area contributed by atoms with E-state index in [1.165, 1.54) is 11.8 Å². The minimum atomic E-state index is -3.36. The molecule has 1 aromatic carbocycles. The van der Waals surface area contributed by atoms with Crippen molar-refractivity contribution in [1.82, 2.24) is 4.90 Å². The van der Waals surface area contributed by atoms with Gasteiger partial charge >= 0.3 is 0 Å². The standard InChI is InChI=1S/C18H25NO3S/c1-14-16(13-15-7-4-3-5-8-15)9-12-19(14)17(20)18(10-6-11-18)23(2,21)22/h3-5,7-8,14,16H,6,9-13H2,1-2H3/t14-,16-/m0/s1. The third kappa shape index (κ3) is 2.80. The van der Waals surface area contributed by atoms with Crippen molar-refractivity contribution in [2.24, 2.45) is 5.92 Å².